The lowest BCUT2D eigenvalue weighted by Gasteiger charge is -2.29. The monoisotopic (exact) mass is 267 g/mol. The predicted molar refractivity (Wildman–Crippen MR) is 43.5 cm³/mol. The molecule has 0 heterocycles. The largest absolute Gasteiger partial charge is 0.550 e. The molecule has 2 unspecified atom stereocenters. The summed E-state index contributed by atoms with van der Waals surface area (Å²) in [7, 11) is -4.84. The molecule has 0 spiro atoms. The quantitative estimate of drug-likeness (QED) is 0.427. The van der Waals surface area contributed by atoms with Crippen molar-refractivity contribution >= 4 is 25.5 Å². The Morgan fingerprint density at radius 1 is 1.00 bits per heavy atom. The molecule has 0 amide bonds. The molecule has 2 N–H and O–H groups in total. The van der Waals surface area contributed by atoms with E-state index in [2.05, 4.69) is 0 Å². The number of rotatable bonds is 7. The van der Waals surface area contributed by atoms with Crippen molar-refractivity contribution in [1.29, 1.82) is 0 Å². The Morgan fingerprint density at radius 2 is 1.41 bits per heavy atom. The summed E-state index contributed by atoms with van der Waals surface area (Å²) in [6.45, 7) is 0. The van der Waals surface area contributed by atoms with Gasteiger partial charge < -0.3 is 39.5 Å². The maximum Gasteiger partial charge on any atom is 0.326 e. The second-order valence-corrected chi connectivity index (χ2v) is 4.97. The van der Waals surface area contributed by atoms with Gasteiger partial charge in [-0.3, -0.25) is 4.57 Å². The number of hydrogen-bond donors (Lipinski definition) is 2. The molecule has 0 fully saturated rings. The maximum atomic E-state index is 10.6. The zero-order valence-corrected chi connectivity index (χ0v) is 9.16. The van der Waals surface area contributed by atoms with E-state index in [4.69, 9.17) is 9.79 Å². The summed E-state index contributed by atoms with van der Waals surface area (Å²) in [5.41, 5.74) is 0. The van der Waals surface area contributed by atoms with Crippen molar-refractivity contribution in [2.45, 2.75) is 6.42 Å². The fourth-order valence-corrected chi connectivity index (χ4v) is 2.11. The van der Waals surface area contributed by atoms with Gasteiger partial charge in [0.15, 0.2) is 0 Å². The standard InChI is InChI=1S/C7H11O9P/c8-5(9)1-3(6(10)11)4(7(12)13)2-17(14,15)16/h3-4H,1-2H2,(H,8,9)(H,10,11)(H,12,13)(H2,14,15,16)/p-3. The molecule has 0 aliphatic heterocycles. The van der Waals surface area contributed by atoms with E-state index >= 15 is 0 Å². The molecule has 0 radical (unpaired) electrons. The Balaban J connectivity index is 5.10. The smallest absolute Gasteiger partial charge is 0.326 e. The lowest BCUT2D eigenvalue weighted by atomic mass is 9.91. The van der Waals surface area contributed by atoms with Gasteiger partial charge in [-0.25, -0.2) is 0 Å². The van der Waals surface area contributed by atoms with Gasteiger partial charge in [0.2, 0.25) is 0 Å². The lowest BCUT2D eigenvalue weighted by molar-refractivity contribution is -0.330. The highest BCUT2D eigenvalue weighted by atomic mass is 31.2. The van der Waals surface area contributed by atoms with E-state index in [-0.39, 0.29) is 0 Å². The second-order valence-electron chi connectivity index (χ2n) is 3.27. The molecule has 0 aliphatic rings. The molecule has 0 aliphatic carbocycles. The molecule has 17 heavy (non-hydrogen) atoms. The van der Waals surface area contributed by atoms with Crippen molar-refractivity contribution < 1.29 is 44.1 Å². The normalized spacial score (nSPS) is 14.9. The number of hydrogen-bond acceptors (Lipinski definition) is 7. The Kier molecular flexibility index (Phi) is 5.27. The van der Waals surface area contributed by atoms with E-state index in [0.29, 0.717) is 0 Å². The van der Waals surface area contributed by atoms with E-state index < -0.39 is 49.9 Å². The fraction of sp³-hybridized carbons (Fsp3) is 0.571. The van der Waals surface area contributed by atoms with Gasteiger partial charge >= 0.3 is 7.60 Å². The second kappa shape index (κ2) is 5.76. The summed E-state index contributed by atoms with van der Waals surface area (Å²) in [5.74, 6) is -10.3. The fourth-order valence-electron chi connectivity index (χ4n) is 1.19. The summed E-state index contributed by atoms with van der Waals surface area (Å²) in [6, 6.07) is 0. The maximum absolute atomic E-state index is 10.6. The number of carboxylic acids is 3. The minimum absolute atomic E-state index is 1.24. The average molecular weight is 267 g/mol. The van der Waals surface area contributed by atoms with Crippen molar-refractivity contribution in [2.24, 2.45) is 11.8 Å². The van der Waals surface area contributed by atoms with Crippen LogP contribution in [0.3, 0.4) is 0 Å². The Labute approximate surface area is 94.8 Å². The molecular weight excluding hydrogens is 259 g/mol. The third-order valence-electron chi connectivity index (χ3n) is 1.91. The third-order valence-corrected chi connectivity index (χ3v) is 2.78. The zero-order valence-electron chi connectivity index (χ0n) is 8.27. The number of carboxylic acid groups (broad SMARTS) is 3. The van der Waals surface area contributed by atoms with E-state index in [1.54, 1.807) is 0 Å². The van der Waals surface area contributed by atoms with E-state index in [1.165, 1.54) is 0 Å². The summed E-state index contributed by atoms with van der Waals surface area (Å²) in [5, 5.41) is 31.3. The molecule has 0 aromatic heterocycles. The van der Waals surface area contributed by atoms with Crippen LogP contribution in [0.4, 0.5) is 0 Å². The minimum Gasteiger partial charge on any atom is -0.550 e. The first kappa shape index (κ1) is 15.6. The number of aliphatic carboxylic acids is 3. The van der Waals surface area contributed by atoms with Crippen LogP contribution >= 0.6 is 7.60 Å². The molecule has 10 heteroatoms. The first-order valence-electron chi connectivity index (χ1n) is 4.20. The Bertz CT molecular complexity index is 370. The highest BCUT2D eigenvalue weighted by molar-refractivity contribution is 7.51. The topological polar surface area (TPSA) is 178 Å². The molecule has 0 aromatic carbocycles. The summed E-state index contributed by atoms with van der Waals surface area (Å²) < 4.78 is 10.6. The van der Waals surface area contributed by atoms with Gasteiger partial charge in [0.05, 0.1) is 6.16 Å². The van der Waals surface area contributed by atoms with E-state index in [0.717, 1.165) is 0 Å². The van der Waals surface area contributed by atoms with Crippen molar-refractivity contribution in [2.75, 3.05) is 6.16 Å². The van der Waals surface area contributed by atoms with Crippen LogP contribution in [0, 0.1) is 11.8 Å². The molecule has 2 atom stereocenters. The van der Waals surface area contributed by atoms with Gasteiger partial charge in [0.1, 0.15) is 0 Å². The van der Waals surface area contributed by atoms with Gasteiger partial charge in [0.25, 0.3) is 0 Å². The molecule has 9 nitrogen and oxygen atoms in total. The van der Waals surface area contributed by atoms with Crippen LogP contribution in [0.2, 0.25) is 0 Å². The van der Waals surface area contributed by atoms with Gasteiger partial charge in [-0.05, 0) is 6.42 Å². The predicted octanol–water partition coefficient (Wildman–Crippen LogP) is -4.96. The number of carbonyl (C=O) groups is 3. The lowest BCUT2D eigenvalue weighted by Crippen LogP contribution is -2.47. The Morgan fingerprint density at radius 3 is 1.65 bits per heavy atom. The van der Waals surface area contributed by atoms with Crippen LogP contribution < -0.4 is 15.3 Å². The summed E-state index contributed by atoms with van der Waals surface area (Å²) in [4.78, 5) is 48.4. The molecule has 0 aromatic rings. The molecule has 0 saturated heterocycles. The number of carbonyl (C=O) groups excluding carboxylic acids is 3. The highest BCUT2D eigenvalue weighted by Crippen LogP contribution is 2.39. The van der Waals surface area contributed by atoms with E-state index in [1.807, 2.05) is 0 Å². The van der Waals surface area contributed by atoms with Crippen molar-refractivity contribution in [3.63, 3.8) is 0 Å². The molecule has 0 rings (SSSR count). The van der Waals surface area contributed by atoms with Crippen LogP contribution in [0.25, 0.3) is 0 Å². The highest BCUT2D eigenvalue weighted by Gasteiger charge is 2.30. The van der Waals surface area contributed by atoms with Gasteiger partial charge in [-0.2, -0.15) is 0 Å². The van der Waals surface area contributed by atoms with Crippen LogP contribution in [-0.2, 0) is 18.9 Å². The van der Waals surface area contributed by atoms with Gasteiger partial charge in [-0.1, -0.05) is 0 Å². The van der Waals surface area contributed by atoms with Crippen molar-refractivity contribution in [1.82, 2.24) is 0 Å². The minimum atomic E-state index is -4.84. The van der Waals surface area contributed by atoms with Crippen LogP contribution in [0.1, 0.15) is 6.42 Å². The van der Waals surface area contributed by atoms with Gasteiger partial charge in [-0.15, -0.1) is 0 Å². The molecule has 98 valence electrons. The van der Waals surface area contributed by atoms with Crippen molar-refractivity contribution in [3.8, 4) is 0 Å². The van der Waals surface area contributed by atoms with Crippen molar-refractivity contribution in [3.05, 3.63) is 0 Å². The zero-order chi connectivity index (χ0) is 13.8. The summed E-state index contributed by atoms with van der Waals surface area (Å²) in [6.07, 6.45) is -2.58. The summed E-state index contributed by atoms with van der Waals surface area (Å²) >= 11 is 0. The van der Waals surface area contributed by atoms with Crippen LogP contribution in [0.5, 0.6) is 0 Å². The van der Waals surface area contributed by atoms with E-state index in [9.17, 15) is 34.3 Å². The average Bonchev–Trinajstić information content (AvgIpc) is 2.08. The SMILES string of the molecule is O=C([O-])CC(C(=O)[O-])C(CP(=O)(O)O)C(=O)[O-]. The first-order chi connectivity index (χ1) is 7.54. The first-order valence-corrected chi connectivity index (χ1v) is 6.00. The van der Waals surface area contributed by atoms with Gasteiger partial charge in [0, 0.05) is 29.7 Å². The van der Waals surface area contributed by atoms with Crippen LogP contribution in [0.15, 0.2) is 0 Å². The third kappa shape index (κ3) is 6.00. The van der Waals surface area contributed by atoms with Crippen LogP contribution in [-0.4, -0.2) is 33.9 Å². The molecule has 0 saturated carbocycles. The Hall–Kier alpha value is -1.44. The molecule has 0 bridgehead atoms. The molecular formula is C7H8O9P-3.